The predicted molar refractivity (Wildman–Crippen MR) is 135 cm³/mol. The molecule has 184 valence electrons. The molecule has 2 aromatic rings. The van der Waals surface area contributed by atoms with Gasteiger partial charge in [-0.15, -0.1) is 0 Å². The number of nitrogens with zero attached hydrogens (tertiary/aromatic N) is 3. The highest BCUT2D eigenvalue weighted by atomic mass is 35.5. The highest BCUT2D eigenvalue weighted by Crippen LogP contribution is 2.26. The molecule has 2 aliphatic rings. The molecule has 0 bridgehead atoms. The lowest BCUT2D eigenvalue weighted by Crippen LogP contribution is -2.49. The number of carbonyl (C=O) groups is 1. The van der Waals surface area contributed by atoms with Crippen molar-refractivity contribution in [3.8, 4) is 0 Å². The van der Waals surface area contributed by atoms with Crippen molar-refractivity contribution in [3.63, 3.8) is 0 Å². The molecule has 1 aromatic carbocycles. The maximum Gasteiger partial charge on any atom is 0.255 e. The SMILES string of the molecule is CC(C)c1cccc(S(=O)(=O)N2CCN(c3nc(Cl)ccc3C(=O)NC3CCCCC3)CC2)c1. The van der Waals surface area contributed by atoms with Gasteiger partial charge in [0, 0.05) is 32.2 Å². The average Bonchev–Trinajstić information content (AvgIpc) is 2.84. The molecule has 0 atom stereocenters. The summed E-state index contributed by atoms with van der Waals surface area (Å²) < 4.78 is 28.0. The fraction of sp³-hybridized carbons (Fsp3) is 0.520. The molecule has 0 unspecified atom stereocenters. The number of rotatable bonds is 6. The van der Waals surface area contributed by atoms with Crippen molar-refractivity contribution in [2.75, 3.05) is 31.1 Å². The average molecular weight is 505 g/mol. The summed E-state index contributed by atoms with van der Waals surface area (Å²) in [6.45, 7) is 5.58. The van der Waals surface area contributed by atoms with E-state index in [1.165, 1.54) is 10.7 Å². The van der Waals surface area contributed by atoms with Gasteiger partial charge in [0.15, 0.2) is 0 Å². The molecule has 7 nitrogen and oxygen atoms in total. The van der Waals surface area contributed by atoms with Crippen LogP contribution in [0.5, 0.6) is 0 Å². The van der Waals surface area contributed by atoms with Crippen molar-refractivity contribution >= 4 is 33.3 Å². The highest BCUT2D eigenvalue weighted by Gasteiger charge is 2.31. The van der Waals surface area contributed by atoms with Crippen molar-refractivity contribution in [1.29, 1.82) is 0 Å². The molecule has 1 aliphatic carbocycles. The van der Waals surface area contributed by atoms with Crippen LogP contribution in [-0.2, 0) is 10.0 Å². The van der Waals surface area contributed by atoms with Gasteiger partial charge in [-0.2, -0.15) is 4.31 Å². The molecule has 0 radical (unpaired) electrons. The Morgan fingerprint density at radius 1 is 1.06 bits per heavy atom. The molecule has 2 fully saturated rings. The zero-order valence-corrected chi connectivity index (χ0v) is 21.4. The van der Waals surface area contributed by atoms with Gasteiger partial charge in [0.25, 0.3) is 5.91 Å². The number of amides is 1. The molecule has 1 amide bonds. The van der Waals surface area contributed by atoms with E-state index in [0.29, 0.717) is 47.6 Å². The van der Waals surface area contributed by atoms with Crippen molar-refractivity contribution in [2.24, 2.45) is 0 Å². The van der Waals surface area contributed by atoms with Gasteiger partial charge in [-0.3, -0.25) is 4.79 Å². The van der Waals surface area contributed by atoms with E-state index in [1.54, 1.807) is 30.3 Å². The summed E-state index contributed by atoms with van der Waals surface area (Å²) in [7, 11) is -3.60. The summed E-state index contributed by atoms with van der Waals surface area (Å²) >= 11 is 6.18. The van der Waals surface area contributed by atoms with Gasteiger partial charge in [0.1, 0.15) is 11.0 Å². The Hall–Kier alpha value is -2.16. The standard InChI is InChI=1S/C25H33ClN4O3S/c1-18(2)19-7-6-10-21(17-19)34(32,33)30-15-13-29(14-16-30)24-22(11-12-23(26)28-24)25(31)27-20-8-4-3-5-9-20/h6-7,10-12,17-18,20H,3-5,8-9,13-16H2,1-2H3,(H,27,31). The van der Waals surface area contributed by atoms with Gasteiger partial charge in [-0.1, -0.05) is 56.8 Å². The molecule has 1 saturated carbocycles. The maximum absolute atomic E-state index is 13.3. The minimum absolute atomic E-state index is 0.147. The fourth-order valence-corrected chi connectivity index (χ4v) is 6.30. The van der Waals surface area contributed by atoms with E-state index in [0.717, 1.165) is 31.2 Å². The third-order valence-corrected chi connectivity index (χ3v) is 8.83. The summed E-state index contributed by atoms with van der Waals surface area (Å²) in [5, 5.41) is 3.46. The summed E-state index contributed by atoms with van der Waals surface area (Å²) in [6.07, 6.45) is 5.47. The van der Waals surface area contributed by atoms with Gasteiger partial charge in [0.2, 0.25) is 10.0 Å². The quantitative estimate of drug-likeness (QED) is 0.588. The Morgan fingerprint density at radius 2 is 1.76 bits per heavy atom. The second-order valence-corrected chi connectivity index (χ2v) is 11.8. The lowest BCUT2D eigenvalue weighted by atomic mass is 9.95. The molecule has 1 aromatic heterocycles. The largest absolute Gasteiger partial charge is 0.353 e. The first-order chi connectivity index (χ1) is 16.3. The zero-order chi connectivity index (χ0) is 24.3. The summed E-state index contributed by atoms with van der Waals surface area (Å²) in [5.41, 5.74) is 1.48. The Labute approximate surface area is 207 Å². The zero-order valence-electron chi connectivity index (χ0n) is 19.8. The first-order valence-corrected chi connectivity index (χ1v) is 13.9. The summed E-state index contributed by atoms with van der Waals surface area (Å²) in [4.78, 5) is 19.8. The van der Waals surface area contributed by atoms with E-state index >= 15 is 0 Å². The Kier molecular flexibility index (Phi) is 7.80. The van der Waals surface area contributed by atoms with Gasteiger partial charge >= 0.3 is 0 Å². The smallest absolute Gasteiger partial charge is 0.255 e. The van der Waals surface area contributed by atoms with Crippen LogP contribution in [0.15, 0.2) is 41.3 Å². The molecule has 4 rings (SSSR count). The number of hydrogen-bond donors (Lipinski definition) is 1. The third kappa shape index (κ3) is 5.56. The van der Waals surface area contributed by atoms with Crippen LogP contribution < -0.4 is 10.2 Å². The lowest BCUT2D eigenvalue weighted by Gasteiger charge is -2.35. The van der Waals surface area contributed by atoms with E-state index in [4.69, 9.17) is 11.6 Å². The number of halogens is 1. The van der Waals surface area contributed by atoms with Crippen LogP contribution in [0.1, 0.15) is 67.8 Å². The Balaban J connectivity index is 1.48. The van der Waals surface area contributed by atoms with Crippen LogP contribution in [0.25, 0.3) is 0 Å². The molecular formula is C25H33ClN4O3S. The Bertz CT molecular complexity index is 1120. The summed E-state index contributed by atoms with van der Waals surface area (Å²) in [6, 6.07) is 10.7. The van der Waals surface area contributed by atoms with E-state index in [9.17, 15) is 13.2 Å². The topological polar surface area (TPSA) is 82.6 Å². The number of anilines is 1. The number of sulfonamides is 1. The van der Waals surface area contributed by atoms with Crippen molar-refractivity contribution < 1.29 is 13.2 Å². The minimum atomic E-state index is -3.60. The van der Waals surface area contributed by atoms with Crippen LogP contribution in [0.4, 0.5) is 5.82 Å². The number of aromatic nitrogens is 1. The lowest BCUT2D eigenvalue weighted by molar-refractivity contribution is 0.0927. The molecule has 34 heavy (non-hydrogen) atoms. The minimum Gasteiger partial charge on any atom is -0.353 e. The van der Waals surface area contributed by atoms with Crippen molar-refractivity contribution in [3.05, 3.63) is 52.7 Å². The maximum atomic E-state index is 13.3. The summed E-state index contributed by atoms with van der Waals surface area (Å²) in [5.74, 6) is 0.616. The van der Waals surface area contributed by atoms with Crippen LogP contribution in [0.2, 0.25) is 5.15 Å². The van der Waals surface area contributed by atoms with Crippen molar-refractivity contribution in [1.82, 2.24) is 14.6 Å². The second-order valence-electron chi connectivity index (χ2n) is 9.43. The number of hydrogen-bond acceptors (Lipinski definition) is 5. The molecule has 0 spiro atoms. The van der Waals surface area contributed by atoms with Gasteiger partial charge in [0.05, 0.1) is 10.5 Å². The number of pyridine rings is 1. The molecule has 2 heterocycles. The molecular weight excluding hydrogens is 472 g/mol. The van der Waals surface area contributed by atoms with Crippen LogP contribution in [0.3, 0.4) is 0 Å². The first kappa shape index (κ1) is 24.9. The highest BCUT2D eigenvalue weighted by molar-refractivity contribution is 7.89. The Morgan fingerprint density at radius 3 is 2.44 bits per heavy atom. The number of benzene rings is 1. The van der Waals surface area contributed by atoms with Gasteiger partial charge in [-0.05, 0) is 48.6 Å². The first-order valence-electron chi connectivity index (χ1n) is 12.1. The fourth-order valence-electron chi connectivity index (χ4n) is 4.68. The third-order valence-electron chi connectivity index (χ3n) is 6.73. The molecule has 9 heteroatoms. The van der Waals surface area contributed by atoms with Gasteiger partial charge < -0.3 is 10.2 Å². The van der Waals surface area contributed by atoms with E-state index in [1.807, 2.05) is 24.8 Å². The van der Waals surface area contributed by atoms with E-state index < -0.39 is 10.0 Å². The van der Waals surface area contributed by atoms with Crippen LogP contribution in [0, 0.1) is 0 Å². The van der Waals surface area contributed by atoms with E-state index in [-0.39, 0.29) is 17.9 Å². The van der Waals surface area contributed by atoms with Gasteiger partial charge in [-0.25, -0.2) is 13.4 Å². The van der Waals surface area contributed by atoms with E-state index in [2.05, 4.69) is 10.3 Å². The van der Waals surface area contributed by atoms with Crippen LogP contribution >= 0.6 is 11.6 Å². The molecule has 1 aliphatic heterocycles. The molecule has 1 N–H and O–H groups in total. The van der Waals surface area contributed by atoms with Crippen molar-refractivity contribution in [2.45, 2.75) is 62.8 Å². The number of piperazine rings is 1. The number of carbonyl (C=O) groups excluding carboxylic acids is 1. The number of nitrogens with one attached hydrogen (secondary N) is 1. The monoisotopic (exact) mass is 504 g/mol. The normalized spacial score (nSPS) is 18.3. The predicted octanol–water partition coefficient (Wildman–Crippen LogP) is 4.43. The van der Waals surface area contributed by atoms with Crippen LogP contribution in [-0.4, -0.2) is 55.8 Å². The molecule has 1 saturated heterocycles. The second kappa shape index (κ2) is 10.6.